The number of aromatic nitrogens is 2. The van der Waals surface area contributed by atoms with E-state index < -0.39 is 0 Å². The number of unbranched alkanes of at least 4 members (excludes halogenated alkanes) is 2. The van der Waals surface area contributed by atoms with Crippen molar-refractivity contribution in [2.45, 2.75) is 76.5 Å². The Kier molecular flexibility index (Phi) is 5.69. The van der Waals surface area contributed by atoms with Gasteiger partial charge in [-0.2, -0.15) is 0 Å². The van der Waals surface area contributed by atoms with E-state index in [0.29, 0.717) is 12.4 Å². The summed E-state index contributed by atoms with van der Waals surface area (Å²) < 4.78 is 0. The van der Waals surface area contributed by atoms with Crippen molar-refractivity contribution in [2.75, 3.05) is 5.43 Å². The first-order valence-corrected chi connectivity index (χ1v) is 10.9. The van der Waals surface area contributed by atoms with Crippen LogP contribution >= 0.6 is 0 Å². The minimum absolute atomic E-state index is 0.0888. The second-order valence-electron chi connectivity index (χ2n) is 8.44. The zero-order valence-electron chi connectivity index (χ0n) is 17.1. The lowest BCUT2D eigenvalue weighted by molar-refractivity contribution is -0.120. The molecule has 1 amide bonds. The number of aromatic amines is 1. The number of hydrogen-bond donors (Lipinski definition) is 3. The van der Waals surface area contributed by atoms with Crippen molar-refractivity contribution in [3.63, 3.8) is 0 Å². The van der Waals surface area contributed by atoms with Gasteiger partial charge in [0, 0.05) is 17.4 Å². The summed E-state index contributed by atoms with van der Waals surface area (Å²) in [6, 6.07) is 8.25. The van der Waals surface area contributed by atoms with Crippen LogP contribution < -0.4 is 16.4 Å². The number of fused-ring (bicyclic) bond motifs is 4. The summed E-state index contributed by atoms with van der Waals surface area (Å²) in [5, 5.41) is 0. The maximum absolute atomic E-state index is 13.2. The number of anilines is 1. The van der Waals surface area contributed by atoms with Gasteiger partial charge >= 0.3 is 0 Å². The van der Waals surface area contributed by atoms with Crippen LogP contribution in [0.15, 0.2) is 29.1 Å². The highest BCUT2D eigenvalue weighted by Gasteiger charge is 2.42. The fraction of sp³-hybridized carbons (Fsp3) is 0.522. The van der Waals surface area contributed by atoms with Crippen molar-refractivity contribution in [1.82, 2.24) is 15.4 Å². The number of hydrogen-bond acceptors (Lipinski definition) is 4. The monoisotopic (exact) mass is 394 g/mol. The van der Waals surface area contributed by atoms with Crippen LogP contribution in [0.3, 0.4) is 0 Å². The SMILES string of the molecule is CCCCCC(=O)NNc1nc2c(c(=O)[nH]1)C1(CCCCC1)Cc1ccccc1-2. The summed E-state index contributed by atoms with van der Waals surface area (Å²) in [6.45, 7) is 2.11. The molecule has 1 aromatic carbocycles. The molecule has 2 aliphatic carbocycles. The normalized spacial score (nSPS) is 16.7. The molecule has 2 aliphatic rings. The van der Waals surface area contributed by atoms with E-state index >= 15 is 0 Å². The molecule has 3 N–H and O–H groups in total. The average Bonchev–Trinajstić information content (AvgIpc) is 2.73. The van der Waals surface area contributed by atoms with Gasteiger partial charge in [-0.1, -0.05) is 63.3 Å². The molecule has 2 aromatic rings. The van der Waals surface area contributed by atoms with E-state index in [0.717, 1.165) is 68.2 Å². The Bertz CT molecular complexity index is 944. The average molecular weight is 395 g/mol. The molecular formula is C23H30N4O2. The van der Waals surface area contributed by atoms with Crippen molar-refractivity contribution >= 4 is 11.9 Å². The Balaban J connectivity index is 1.65. The molecule has 0 unspecified atom stereocenters. The van der Waals surface area contributed by atoms with Crippen molar-refractivity contribution in [3.05, 3.63) is 45.7 Å². The van der Waals surface area contributed by atoms with Crippen LogP contribution in [0.4, 0.5) is 5.95 Å². The van der Waals surface area contributed by atoms with E-state index in [1.165, 1.54) is 12.0 Å². The predicted molar refractivity (Wildman–Crippen MR) is 115 cm³/mol. The van der Waals surface area contributed by atoms with E-state index in [-0.39, 0.29) is 16.9 Å². The number of H-pyrrole nitrogens is 1. The topological polar surface area (TPSA) is 86.9 Å². The fourth-order valence-electron chi connectivity index (χ4n) is 4.96. The van der Waals surface area contributed by atoms with E-state index in [1.54, 1.807) is 0 Å². The zero-order chi connectivity index (χ0) is 20.3. The largest absolute Gasteiger partial charge is 0.291 e. The summed E-state index contributed by atoms with van der Waals surface area (Å²) >= 11 is 0. The van der Waals surface area contributed by atoms with Crippen LogP contribution in [-0.2, 0) is 16.6 Å². The summed E-state index contributed by atoms with van der Waals surface area (Å²) in [5.41, 5.74) is 9.16. The lowest BCUT2D eigenvalue weighted by atomic mass is 9.62. The van der Waals surface area contributed by atoms with Crippen molar-refractivity contribution in [1.29, 1.82) is 0 Å². The van der Waals surface area contributed by atoms with Crippen LogP contribution in [0.25, 0.3) is 11.3 Å². The Morgan fingerprint density at radius 1 is 1.17 bits per heavy atom. The molecule has 0 atom stereocenters. The quantitative estimate of drug-likeness (QED) is 0.506. The Hall–Kier alpha value is -2.63. The zero-order valence-corrected chi connectivity index (χ0v) is 17.1. The number of carbonyl (C=O) groups excluding carboxylic acids is 1. The Morgan fingerprint density at radius 2 is 1.97 bits per heavy atom. The first-order chi connectivity index (χ1) is 14.1. The molecular weight excluding hydrogens is 364 g/mol. The molecule has 4 rings (SSSR count). The molecule has 1 spiro atoms. The number of carbonyl (C=O) groups is 1. The van der Waals surface area contributed by atoms with Gasteiger partial charge in [0.1, 0.15) is 0 Å². The molecule has 6 heteroatoms. The molecule has 1 aromatic heterocycles. The van der Waals surface area contributed by atoms with Gasteiger partial charge in [-0.3, -0.25) is 25.4 Å². The molecule has 1 saturated carbocycles. The number of hydrazine groups is 1. The van der Waals surface area contributed by atoms with Crippen molar-refractivity contribution < 1.29 is 4.79 Å². The summed E-state index contributed by atoms with van der Waals surface area (Å²) in [6.07, 6.45) is 9.90. The highest BCUT2D eigenvalue weighted by molar-refractivity contribution is 5.77. The molecule has 6 nitrogen and oxygen atoms in total. The molecule has 0 aliphatic heterocycles. The smallest absolute Gasteiger partial charge is 0.256 e. The number of nitrogens with one attached hydrogen (secondary N) is 3. The van der Waals surface area contributed by atoms with Gasteiger partial charge in [0.25, 0.3) is 5.56 Å². The van der Waals surface area contributed by atoms with Gasteiger partial charge in [0.15, 0.2) is 0 Å². The molecule has 29 heavy (non-hydrogen) atoms. The number of amides is 1. The van der Waals surface area contributed by atoms with Crippen LogP contribution in [0.1, 0.15) is 75.8 Å². The van der Waals surface area contributed by atoms with E-state index in [1.807, 2.05) is 12.1 Å². The van der Waals surface area contributed by atoms with E-state index in [9.17, 15) is 9.59 Å². The Morgan fingerprint density at radius 3 is 2.76 bits per heavy atom. The van der Waals surface area contributed by atoms with E-state index in [2.05, 4.69) is 34.9 Å². The molecule has 1 heterocycles. The van der Waals surface area contributed by atoms with Crippen LogP contribution in [0, 0.1) is 0 Å². The minimum atomic E-state index is -0.121. The number of nitrogens with zero attached hydrogens (tertiary/aromatic N) is 1. The van der Waals surface area contributed by atoms with Crippen molar-refractivity contribution in [2.24, 2.45) is 0 Å². The number of rotatable bonds is 6. The first-order valence-electron chi connectivity index (χ1n) is 10.9. The first kappa shape index (κ1) is 19.7. The summed E-state index contributed by atoms with van der Waals surface area (Å²) in [5.74, 6) is 0.197. The lowest BCUT2D eigenvalue weighted by Gasteiger charge is -2.41. The van der Waals surface area contributed by atoms with Gasteiger partial charge in [0.2, 0.25) is 11.9 Å². The minimum Gasteiger partial charge on any atom is -0.291 e. The molecule has 0 bridgehead atoms. The van der Waals surface area contributed by atoms with Crippen LogP contribution in [0.2, 0.25) is 0 Å². The van der Waals surface area contributed by atoms with E-state index in [4.69, 9.17) is 4.98 Å². The number of benzene rings is 1. The molecule has 0 saturated heterocycles. The molecule has 154 valence electrons. The third-order valence-electron chi connectivity index (χ3n) is 6.39. The van der Waals surface area contributed by atoms with Gasteiger partial charge in [-0.05, 0) is 31.2 Å². The highest BCUT2D eigenvalue weighted by Crippen LogP contribution is 2.48. The summed E-state index contributed by atoms with van der Waals surface area (Å²) in [7, 11) is 0. The Labute approximate surface area is 171 Å². The van der Waals surface area contributed by atoms with Crippen LogP contribution in [0.5, 0.6) is 0 Å². The van der Waals surface area contributed by atoms with Crippen LogP contribution in [-0.4, -0.2) is 15.9 Å². The van der Waals surface area contributed by atoms with Gasteiger partial charge in [-0.15, -0.1) is 0 Å². The lowest BCUT2D eigenvalue weighted by Crippen LogP contribution is -2.41. The predicted octanol–water partition coefficient (Wildman–Crippen LogP) is 4.22. The van der Waals surface area contributed by atoms with Gasteiger partial charge in [0.05, 0.1) is 11.3 Å². The maximum Gasteiger partial charge on any atom is 0.256 e. The second kappa shape index (κ2) is 8.39. The fourth-order valence-corrected chi connectivity index (χ4v) is 4.96. The summed E-state index contributed by atoms with van der Waals surface area (Å²) in [4.78, 5) is 32.8. The van der Waals surface area contributed by atoms with Gasteiger partial charge < -0.3 is 0 Å². The molecule has 0 radical (unpaired) electrons. The third kappa shape index (κ3) is 3.93. The maximum atomic E-state index is 13.2. The third-order valence-corrected chi connectivity index (χ3v) is 6.39. The highest BCUT2D eigenvalue weighted by atomic mass is 16.2. The van der Waals surface area contributed by atoms with Gasteiger partial charge in [-0.25, -0.2) is 4.98 Å². The second-order valence-corrected chi connectivity index (χ2v) is 8.44. The standard InChI is InChI=1S/C23H30N4O2/c1-2-3-5-12-18(28)26-27-22-24-20-17-11-7-6-10-16(17)15-23(13-8-4-9-14-23)19(20)21(29)25-22/h6-7,10-11H,2-5,8-9,12-15H2,1H3,(H,26,28)(H2,24,25,27,29). The molecule has 1 fully saturated rings. The van der Waals surface area contributed by atoms with Crippen molar-refractivity contribution in [3.8, 4) is 11.3 Å².